The lowest BCUT2D eigenvalue weighted by Crippen LogP contribution is -2.22. The summed E-state index contributed by atoms with van der Waals surface area (Å²) >= 11 is 0. The Hall–Kier alpha value is -1.75. The molecule has 20 heavy (non-hydrogen) atoms. The van der Waals surface area contributed by atoms with Crippen molar-refractivity contribution in [1.29, 1.82) is 0 Å². The molecule has 0 radical (unpaired) electrons. The van der Waals surface area contributed by atoms with E-state index in [0.29, 0.717) is 36.1 Å². The van der Waals surface area contributed by atoms with Gasteiger partial charge >= 0.3 is 5.97 Å². The number of nitrogens with two attached hydrogens (primary N) is 1. The van der Waals surface area contributed by atoms with Gasteiger partial charge in [0, 0.05) is 18.9 Å². The molecule has 5 heteroatoms. The van der Waals surface area contributed by atoms with Gasteiger partial charge in [0.2, 0.25) is 0 Å². The van der Waals surface area contributed by atoms with Gasteiger partial charge in [-0.1, -0.05) is 6.07 Å². The maximum atomic E-state index is 12.2. The normalized spacial score (nSPS) is 15.8. The van der Waals surface area contributed by atoms with Crippen LogP contribution in [0.15, 0.2) is 18.2 Å². The number of ether oxygens (including phenoxy) is 3. The van der Waals surface area contributed by atoms with Gasteiger partial charge in [0.05, 0.1) is 13.2 Å². The summed E-state index contributed by atoms with van der Waals surface area (Å²) in [4.78, 5) is 12.2. The molecule has 1 aliphatic rings. The molecule has 0 spiro atoms. The van der Waals surface area contributed by atoms with Gasteiger partial charge < -0.3 is 19.9 Å². The number of anilines is 1. The van der Waals surface area contributed by atoms with Crippen LogP contribution in [-0.2, 0) is 9.47 Å². The maximum absolute atomic E-state index is 12.2. The standard InChI is InChI=1S/C15H21NO4/c1-2-19-13-5-3-4-12(16)14(13)15(17)20-10-11-6-8-18-9-7-11/h3-5,11H,2,6-10,16H2,1H3. The van der Waals surface area contributed by atoms with Crippen molar-refractivity contribution < 1.29 is 19.0 Å². The number of rotatable bonds is 5. The van der Waals surface area contributed by atoms with Crippen LogP contribution in [0.4, 0.5) is 5.69 Å². The molecule has 0 aliphatic carbocycles. The molecule has 1 heterocycles. The first kappa shape index (κ1) is 14.7. The lowest BCUT2D eigenvalue weighted by atomic mass is 10.0. The Labute approximate surface area is 119 Å². The zero-order chi connectivity index (χ0) is 14.4. The molecular formula is C15H21NO4. The smallest absolute Gasteiger partial charge is 0.344 e. The summed E-state index contributed by atoms with van der Waals surface area (Å²) in [5, 5.41) is 0. The van der Waals surface area contributed by atoms with Crippen LogP contribution in [0.5, 0.6) is 5.75 Å². The van der Waals surface area contributed by atoms with Crippen LogP contribution in [0.3, 0.4) is 0 Å². The van der Waals surface area contributed by atoms with Crippen LogP contribution >= 0.6 is 0 Å². The van der Waals surface area contributed by atoms with Gasteiger partial charge in [-0.25, -0.2) is 4.79 Å². The molecule has 110 valence electrons. The van der Waals surface area contributed by atoms with E-state index in [-0.39, 0.29) is 0 Å². The number of carbonyl (C=O) groups excluding carboxylic acids is 1. The minimum absolute atomic E-state index is 0.321. The molecule has 0 aromatic heterocycles. The summed E-state index contributed by atoms with van der Waals surface area (Å²) in [5.74, 6) is 0.427. The van der Waals surface area contributed by atoms with Crippen molar-refractivity contribution in [3.63, 3.8) is 0 Å². The summed E-state index contributed by atoms with van der Waals surface area (Å²) in [6.45, 7) is 4.21. The fourth-order valence-electron chi connectivity index (χ4n) is 2.22. The number of hydrogen-bond acceptors (Lipinski definition) is 5. The molecule has 1 aromatic carbocycles. The molecule has 1 saturated heterocycles. The minimum Gasteiger partial charge on any atom is -0.493 e. The van der Waals surface area contributed by atoms with Gasteiger partial charge in [-0.05, 0) is 37.8 Å². The Balaban J connectivity index is 2.00. The highest BCUT2D eigenvalue weighted by atomic mass is 16.5. The highest BCUT2D eigenvalue weighted by Crippen LogP contribution is 2.26. The van der Waals surface area contributed by atoms with Crippen LogP contribution in [0.25, 0.3) is 0 Å². The molecule has 1 aliphatic heterocycles. The summed E-state index contributed by atoms with van der Waals surface area (Å²) < 4.78 is 16.1. The topological polar surface area (TPSA) is 70.8 Å². The maximum Gasteiger partial charge on any atom is 0.344 e. The Morgan fingerprint density at radius 3 is 2.85 bits per heavy atom. The molecular weight excluding hydrogens is 258 g/mol. The molecule has 0 bridgehead atoms. The van der Waals surface area contributed by atoms with Crippen molar-refractivity contribution in [3.8, 4) is 5.75 Å². The lowest BCUT2D eigenvalue weighted by Gasteiger charge is -2.22. The van der Waals surface area contributed by atoms with Gasteiger partial charge in [0.15, 0.2) is 0 Å². The monoisotopic (exact) mass is 279 g/mol. The van der Waals surface area contributed by atoms with Crippen LogP contribution in [-0.4, -0.2) is 32.4 Å². The number of esters is 1. The molecule has 5 nitrogen and oxygen atoms in total. The summed E-state index contributed by atoms with van der Waals surface area (Å²) in [5.41, 5.74) is 6.56. The zero-order valence-corrected chi connectivity index (χ0v) is 11.8. The first-order chi connectivity index (χ1) is 9.72. The summed E-state index contributed by atoms with van der Waals surface area (Å²) in [7, 11) is 0. The molecule has 2 N–H and O–H groups in total. The number of nitrogen functional groups attached to an aromatic ring is 1. The van der Waals surface area contributed by atoms with Crippen LogP contribution < -0.4 is 10.5 Å². The Kier molecular flexibility index (Phi) is 5.24. The van der Waals surface area contributed by atoms with Gasteiger partial charge in [-0.3, -0.25) is 0 Å². The fourth-order valence-corrected chi connectivity index (χ4v) is 2.22. The zero-order valence-electron chi connectivity index (χ0n) is 11.8. The lowest BCUT2D eigenvalue weighted by molar-refractivity contribution is 0.0184. The van der Waals surface area contributed by atoms with E-state index in [0.717, 1.165) is 26.1 Å². The van der Waals surface area contributed by atoms with E-state index >= 15 is 0 Å². The SMILES string of the molecule is CCOc1cccc(N)c1C(=O)OCC1CCOCC1. The highest BCUT2D eigenvalue weighted by Gasteiger charge is 2.20. The van der Waals surface area contributed by atoms with E-state index in [4.69, 9.17) is 19.9 Å². The third kappa shape index (κ3) is 3.63. The molecule has 1 fully saturated rings. The fraction of sp³-hybridized carbons (Fsp3) is 0.533. The van der Waals surface area contributed by atoms with Gasteiger partial charge in [-0.2, -0.15) is 0 Å². The van der Waals surface area contributed by atoms with Crippen LogP contribution in [0.1, 0.15) is 30.1 Å². The van der Waals surface area contributed by atoms with E-state index < -0.39 is 5.97 Å². The van der Waals surface area contributed by atoms with Crippen molar-refractivity contribution >= 4 is 11.7 Å². The molecule has 1 aromatic rings. The second kappa shape index (κ2) is 7.14. The average Bonchev–Trinajstić information content (AvgIpc) is 2.46. The highest BCUT2D eigenvalue weighted by molar-refractivity contribution is 5.98. The van der Waals surface area contributed by atoms with Crippen molar-refractivity contribution in [2.75, 3.05) is 32.2 Å². The second-order valence-corrected chi connectivity index (χ2v) is 4.81. The van der Waals surface area contributed by atoms with Crippen molar-refractivity contribution in [3.05, 3.63) is 23.8 Å². The van der Waals surface area contributed by atoms with E-state index in [1.54, 1.807) is 18.2 Å². The Morgan fingerprint density at radius 1 is 1.40 bits per heavy atom. The summed E-state index contributed by atoms with van der Waals surface area (Å²) in [6.07, 6.45) is 1.85. The van der Waals surface area contributed by atoms with E-state index in [2.05, 4.69) is 0 Å². The molecule has 0 amide bonds. The predicted molar refractivity (Wildman–Crippen MR) is 75.8 cm³/mol. The molecule has 0 saturated carbocycles. The number of benzene rings is 1. The predicted octanol–water partition coefficient (Wildman–Crippen LogP) is 2.25. The quantitative estimate of drug-likeness (QED) is 0.661. The van der Waals surface area contributed by atoms with Crippen molar-refractivity contribution in [1.82, 2.24) is 0 Å². The van der Waals surface area contributed by atoms with Crippen LogP contribution in [0.2, 0.25) is 0 Å². The van der Waals surface area contributed by atoms with E-state index in [1.165, 1.54) is 0 Å². The Morgan fingerprint density at radius 2 is 2.15 bits per heavy atom. The van der Waals surface area contributed by atoms with E-state index in [1.807, 2.05) is 6.92 Å². The molecule has 0 atom stereocenters. The average molecular weight is 279 g/mol. The van der Waals surface area contributed by atoms with E-state index in [9.17, 15) is 4.79 Å². The number of hydrogen-bond donors (Lipinski definition) is 1. The third-order valence-electron chi connectivity index (χ3n) is 3.35. The molecule has 0 unspecified atom stereocenters. The summed E-state index contributed by atoms with van der Waals surface area (Å²) in [6, 6.07) is 5.16. The molecule has 2 rings (SSSR count). The largest absolute Gasteiger partial charge is 0.493 e. The second-order valence-electron chi connectivity index (χ2n) is 4.81. The number of carbonyl (C=O) groups is 1. The van der Waals surface area contributed by atoms with Gasteiger partial charge in [0.25, 0.3) is 0 Å². The first-order valence-corrected chi connectivity index (χ1v) is 6.98. The third-order valence-corrected chi connectivity index (χ3v) is 3.35. The van der Waals surface area contributed by atoms with Crippen molar-refractivity contribution in [2.24, 2.45) is 5.92 Å². The first-order valence-electron chi connectivity index (χ1n) is 6.98. The van der Waals surface area contributed by atoms with Gasteiger partial charge in [0.1, 0.15) is 11.3 Å². The van der Waals surface area contributed by atoms with Gasteiger partial charge in [-0.15, -0.1) is 0 Å². The Bertz CT molecular complexity index is 455. The minimum atomic E-state index is -0.418. The van der Waals surface area contributed by atoms with Crippen molar-refractivity contribution in [2.45, 2.75) is 19.8 Å². The van der Waals surface area contributed by atoms with Crippen LogP contribution in [0, 0.1) is 5.92 Å².